The molecule has 0 aromatic heterocycles. The van der Waals surface area contributed by atoms with Crippen molar-refractivity contribution in [3.63, 3.8) is 0 Å². The van der Waals surface area contributed by atoms with E-state index < -0.39 is 0 Å². The minimum atomic E-state index is 0.165. The van der Waals surface area contributed by atoms with Crippen LogP contribution in [0.1, 0.15) is 43.7 Å². The zero-order valence-corrected chi connectivity index (χ0v) is 13.8. The quantitative estimate of drug-likeness (QED) is 0.874. The van der Waals surface area contributed by atoms with Gasteiger partial charge in [-0.3, -0.25) is 0 Å². The Morgan fingerprint density at radius 1 is 1.38 bits per heavy atom. The maximum Gasteiger partial charge on any atom is 0.122 e. The number of hydrogen-bond donors (Lipinski definition) is 1. The van der Waals surface area contributed by atoms with Gasteiger partial charge >= 0.3 is 0 Å². The van der Waals surface area contributed by atoms with Crippen molar-refractivity contribution in [2.75, 3.05) is 20.2 Å². The number of nitrogens with zero attached hydrogens (tertiary/aromatic N) is 1. The molecule has 0 aliphatic carbocycles. The van der Waals surface area contributed by atoms with Crippen LogP contribution in [0.4, 0.5) is 0 Å². The van der Waals surface area contributed by atoms with Crippen molar-refractivity contribution >= 4 is 0 Å². The highest BCUT2D eigenvalue weighted by molar-refractivity contribution is 5.37. The second kappa shape index (κ2) is 7.81. The molecule has 1 aliphatic rings. The van der Waals surface area contributed by atoms with Crippen LogP contribution in [0.15, 0.2) is 18.2 Å². The average molecular weight is 290 g/mol. The molecule has 0 bridgehead atoms. The Hall–Kier alpha value is -1.06. The van der Waals surface area contributed by atoms with Gasteiger partial charge in [0.1, 0.15) is 5.75 Å². The topological polar surface area (TPSA) is 38.5 Å². The molecule has 2 unspecified atom stereocenters. The molecule has 0 radical (unpaired) electrons. The van der Waals surface area contributed by atoms with Crippen molar-refractivity contribution in [3.05, 3.63) is 29.3 Å². The summed E-state index contributed by atoms with van der Waals surface area (Å²) in [6, 6.07) is 7.26. The first kappa shape index (κ1) is 16.3. The van der Waals surface area contributed by atoms with Gasteiger partial charge in [-0.2, -0.15) is 0 Å². The van der Waals surface area contributed by atoms with Crippen molar-refractivity contribution in [2.24, 2.45) is 5.73 Å². The predicted molar refractivity (Wildman–Crippen MR) is 88.9 cm³/mol. The molecular formula is C18H30N2O. The molecule has 1 fully saturated rings. The third-order valence-electron chi connectivity index (χ3n) is 4.39. The lowest BCUT2D eigenvalue weighted by Crippen LogP contribution is -2.37. The fraction of sp³-hybridized carbons (Fsp3) is 0.667. The molecule has 1 heterocycles. The molecule has 2 rings (SSSR count). The lowest BCUT2D eigenvalue weighted by molar-refractivity contribution is 0.153. The van der Waals surface area contributed by atoms with Crippen LogP contribution in [0.25, 0.3) is 0 Å². The zero-order valence-electron chi connectivity index (χ0n) is 13.8. The number of aryl methyl sites for hydroxylation is 1. The smallest absolute Gasteiger partial charge is 0.122 e. The Kier molecular flexibility index (Phi) is 6.07. The van der Waals surface area contributed by atoms with Crippen LogP contribution < -0.4 is 10.5 Å². The van der Waals surface area contributed by atoms with Crippen LogP contribution in [0.2, 0.25) is 0 Å². The predicted octanol–water partition coefficient (Wildman–Crippen LogP) is 3.14. The van der Waals surface area contributed by atoms with Gasteiger partial charge in [0.05, 0.1) is 6.61 Å². The van der Waals surface area contributed by atoms with E-state index in [1.165, 1.54) is 36.9 Å². The molecule has 3 nitrogen and oxygen atoms in total. The molecular weight excluding hydrogens is 260 g/mol. The van der Waals surface area contributed by atoms with Crippen LogP contribution in [-0.4, -0.2) is 37.2 Å². The van der Waals surface area contributed by atoms with E-state index in [1.807, 2.05) is 6.92 Å². The van der Waals surface area contributed by atoms with Gasteiger partial charge in [-0.25, -0.2) is 0 Å². The Balaban J connectivity index is 1.90. The highest BCUT2D eigenvalue weighted by atomic mass is 16.5. The second-order valence-corrected chi connectivity index (χ2v) is 6.56. The Morgan fingerprint density at radius 2 is 2.19 bits per heavy atom. The number of hydrogen-bond acceptors (Lipinski definition) is 3. The summed E-state index contributed by atoms with van der Waals surface area (Å²) in [5, 5.41) is 0. The van der Waals surface area contributed by atoms with E-state index in [4.69, 9.17) is 10.5 Å². The first-order valence-electron chi connectivity index (χ1n) is 8.24. The largest absolute Gasteiger partial charge is 0.493 e. The molecule has 21 heavy (non-hydrogen) atoms. The molecule has 0 spiro atoms. The molecule has 2 atom stereocenters. The summed E-state index contributed by atoms with van der Waals surface area (Å²) < 4.78 is 6.06. The van der Waals surface area contributed by atoms with Crippen LogP contribution in [0, 0.1) is 6.92 Å². The van der Waals surface area contributed by atoms with Crippen LogP contribution >= 0.6 is 0 Å². The summed E-state index contributed by atoms with van der Waals surface area (Å²) in [5.41, 5.74) is 8.45. The van der Waals surface area contributed by atoms with E-state index in [1.54, 1.807) is 0 Å². The fourth-order valence-electron chi connectivity index (χ4n) is 3.17. The first-order valence-corrected chi connectivity index (χ1v) is 8.24. The van der Waals surface area contributed by atoms with E-state index in [0.29, 0.717) is 6.04 Å². The number of likely N-dealkylation sites (tertiary alicyclic amines) is 1. The lowest BCUT2D eigenvalue weighted by Gasteiger charge is -2.32. The standard InChI is InChI=1S/C18H30N2O/c1-14-7-8-18(16(12-14)13-15(2)19)21-11-9-17-6-4-5-10-20(17)3/h7-8,12,15,17H,4-6,9-11,13,19H2,1-3H3. The molecule has 1 aliphatic heterocycles. The van der Waals surface area contributed by atoms with Crippen molar-refractivity contribution < 1.29 is 4.74 Å². The van der Waals surface area contributed by atoms with Gasteiger partial charge in [-0.15, -0.1) is 0 Å². The minimum absolute atomic E-state index is 0.165. The molecule has 1 aromatic rings. The Bertz CT molecular complexity index is 445. The van der Waals surface area contributed by atoms with E-state index in [9.17, 15) is 0 Å². The molecule has 1 aromatic carbocycles. The highest BCUT2D eigenvalue weighted by Gasteiger charge is 2.18. The average Bonchev–Trinajstić information content (AvgIpc) is 2.42. The Morgan fingerprint density at radius 3 is 2.90 bits per heavy atom. The lowest BCUT2D eigenvalue weighted by atomic mass is 10.0. The third-order valence-corrected chi connectivity index (χ3v) is 4.39. The van der Waals surface area contributed by atoms with Crippen molar-refractivity contribution in [1.29, 1.82) is 0 Å². The van der Waals surface area contributed by atoms with Gasteiger partial charge in [-0.05, 0) is 64.8 Å². The SMILES string of the molecule is Cc1ccc(OCCC2CCCCN2C)c(CC(C)N)c1. The van der Waals surface area contributed by atoms with Gasteiger partial charge in [-0.1, -0.05) is 24.1 Å². The summed E-state index contributed by atoms with van der Waals surface area (Å²) in [5.74, 6) is 1.01. The minimum Gasteiger partial charge on any atom is -0.493 e. The number of ether oxygens (including phenoxy) is 1. The van der Waals surface area contributed by atoms with Crippen molar-refractivity contribution in [1.82, 2.24) is 4.90 Å². The van der Waals surface area contributed by atoms with E-state index >= 15 is 0 Å². The number of rotatable bonds is 6. The number of nitrogens with two attached hydrogens (primary N) is 1. The maximum absolute atomic E-state index is 6.06. The molecule has 1 saturated heterocycles. The van der Waals surface area contributed by atoms with Gasteiger partial charge in [0.2, 0.25) is 0 Å². The van der Waals surface area contributed by atoms with Gasteiger partial charge in [0.15, 0.2) is 0 Å². The number of benzene rings is 1. The maximum atomic E-state index is 6.06. The summed E-state index contributed by atoms with van der Waals surface area (Å²) in [4.78, 5) is 2.48. The first-order chi connectivity index (χ1) is 10.1. The molecule has 3 heteroatoms. The summed E-state index contributed by atoms with van der Waals surface area (Å²) >= 11 is 0. The van der Waals surface area contributed by atoms with Crippen LogP contribution in [-0.2, 0) is 6.42 Å². The normalized spacial score (nSPS) is 21.2. The van der Waals surface area contributed by atoms with E-state index in [-0.39, 0.29) is 6.04 Å². The van der Waals surface area contributed by atoms with E-state index in [2.05, 4.69) is 37.1 Å². The monoisotopic (exact) mass is 290 g/mol. The van der Waals surface area contributed by atoms with E-state index in [0.717, 1.165) is 25.2 Å². The molecule has 0 saturated carbocycles. The summed E-state index contributed by atoms with van der Waals surface area (Å²) in [6.07, 6.45) is 5.99. The second-order valence-electron chi connectivity index (χ2n) is 6.56. The van der Waals surface area contributed by atoms with Gasteiger partial charge < -0.3 is 15.4 Å². The van der Waals surface area contributed by atoms with Crippen molar-refractivity contribution in [3.8, 4) is 5.75 Å². The van der Waals surface area contributed by atoms with Crippen LogP contribution in [0.3, 0.4) is 0 Å². The Labute approximate surface area is 129 Å². The number of piperidine rings is 1. The van der Waals surface area contributed by atoms with Crippen LogP contribution in [0.5, 0.6) is 5.75 Å². The summed E-state index contributed by atoms with van der Waals surface area (Å²) in [6.45, 7) is 6.18. The molecule has 2 N–H and O–H groups in total. The van der Waals surface area contributed by atoms with Crippen molar-refractivity contribution in [2.45, 2.75) is 58.0 Å². The highest BCUT2D eigenvalue weighted by Crippen LogP contribution is 2.23. The fourth-order valence-corrected chi connectivity index (χ4v) is 3.17. The third kappa shape index (κ3) is 5.01. The molecule has 0 amide bonds. The van der Waals surface area contributed by atoms with Gasteiger partial charge in [0.25, 0.3) is 0 Å². The summed E-state index contributed by atoms with van der Waals surface area (Å²) in [7, 11) is 2.23. The molecule has 118 valence electrons. The zero-order chi connectivity index (χ0) is 15.2. The van der Waals surface area contributed by atoms with Gasteiger partial charge in [0, 0.05) is 12.1 Å².